The number of hydrogen-bond acceptors (Lipinski definition) is 3. The summed E-state index contributed by atoms with van der Waals surface area (Å²) in [6.45, 7) is 3.45. The zero-order valence-electron chi connectivity index (χ0n) is 12.0. The molecule has 0 spiro atoms. The van der Waals surface area contributed by atoms with Gasteiger partial charge in [-0.1, -0.05) is 12.1 Å². The highest BCUT2D eigenvalue weighted by Crippen LogP contribution is 2.20. The molecule has 0 saturated carbocycles. The first-order chi connectivity index (χ1) is 8.60. The summed E-state index contributed by atoms with van der Waals surface area (Å²) < 4.78 is 5.11. The molecule has 0 bridgehead atoms. The first-order valence-electron chi connectivity index (χ1n) is 6.13. The Morgan fingerprint density at radius 3 is 2.42 bits per heavy atom. The quantitative estimate of drug-likeness (QED) is 0.868. The molecule has 1 rings (SSSR count). The van der Waals surface area contributed by atoms with Crippen LogP contribution >= 0.6 is 12.4 Å². The van der Waals surface area contributed by atoms with Crippen molar-refractivity contribution >= 4 is 18.3 Å². The van der Waals surface area contributed by atoms with Crippen LogP contribution in [0.15, 0.2) is 24.3 Å². The van der Waals surface area contributed by atoms with Crippen LogP contribution in [0.4, 0.5) is 0 Å². The van der Waals surface area contributed by atoms with Crippen molar-refractivity contribution in [2.75, 3.05) is 34.3 Å². The van der Waals surface area contributed by atoms with Crippen molar-refractivity contribution in [3.8, 4) is 5.75 Å². The van der Waals surface area contributed by atoms with Crippen molar-refractivity contribution in [3.05, 3.63) is 29.8 Å². The van der Waals surface area contributed by atoms with Crippen molar-refractivity contribution in [1.82, 2.24) is 10.2 Å². The number of rotatable bonds is 6. The Morgan fingerprint density at radius 1 is 1.37 bits per heavy atom. The lowest BCUT2D eigenvalue weighted by Gasteiger charge is -2.21. The average Bonchev–Trinajstić information content (AvgIpc) is 2.43. The summed E-state index contributed by atoms with van der Waals surface area (Å²) >= 11 is 0. The molecule has 19 heavy (non-hydrogen) atoms. The van der Waals surface area contributed by atoms with Crippen molar-refractivity contribution in [2.45, 2.75) is 12.8 Å². The van der Waals surface area contributed by atoms with Crippen LogP contribution in [0.25, 0.3) is 0 Å². The van der Waals surface area contributed by atoms with E-state index in [2.05, 4.69) is 5.32 Å². The molecule has 1 aromatic rings. The normalized spacial score (nSPS) is 11.4. The summed E-state index contributed by atoms with van der Waals surface area (Å²) in [4.78, 5) is 13.9. The molecule has 1 unspecified atom stereocenters. The summed E-state index contributed by atoms with van der Waals surface area (Å²) in [6, 6.07) is 7.64. The van der Waals surface area contributed by atoms with Crippen molar-refractivity contribution < 1.29 is 9.53 Å². The molecule has 4 nitrogen and oxygen atoms in total. The van der Waals surface area contributed by atoms with Gasteiger partial charge < -0.3 is 15.0 Å². The Labute approximate surface area is 121 Å². The van der Waals surface area contributed by atoms with Gasteiger partial charge >= 0.3 is 0 Å². The molecule has 0 aromatic heterocycles. The van der Waals surface area contributed by atoms with Crippen LogP contribution in [0.5, 0.6) is 5.75 Å². The number of carbonyl (C=O) groups is 1. The maximum atomic E-state index is 12.2. The lowest BCUT2D eigenvalue weighted by molar-refractivity contribution is -0.131. The van der Waals surface area contributed by atoms with Crippen molar-refractivity contribution in [1.29, 1.82) is 0 Å². The molecule has 1 amide bonds. The van der Waals surface area contributed by atoms with Gasteiger partial charge in [0.15, 0.2) is 0 Å². The van der Waals surface area contributed by atoms with Crippen molar-refractivity contribution in [3.63, 3.8) is 0 Å². The van der Waals surface area contributed by atoms with Gasteiger partial charge in [0.05, 0.1) is 13.0 Å². The lowest BCUT2D eigenvalue weighted by Crippen LogP contribution is -2.35. The van der Waals surface area contributed by atoms with E-state index < -0.39 is 0 Å². The van der Waals surface area contributed by atoms with Gasteiger partial charge in [-0.2, -0.15) is 0 Å². The molecule has 0 fully saturated rings. The van der Waals surface area contributed by atoms with Crippen LogP contribution < -0.4 is 10.1 Å². The number of ether oxygens (including phenoxy) is 1. The fraction of sp³-hybridized carbons (Fsp3) is 0.500. The second-order valence-electron chi connectivity index (χ2n) is 4.36. The first-order valence-corrected chi connectivity index (χ1v) is 6.13. The minimum Gasteiger partial charge on any atom is -0.497 e. The Balaban J connectivity index is 0.00000324. The Kier molecular flexibility index (Phi) is 8.19. The van der Waals surface area contributed by atoms with Gasteiger partial charge in [-0.3, -0.25) is 4.79 Å². The zero-order chi connectivity index (χ0) is 13.5. The number of nitrogens with one attached hydrogen (secondary N) is 1. The second kappa shape index (κ2) is 8.77. The number of hydrogen-bond donors (Lipinski definition) is 1. The molecular formula is C14H23ClN2O2. The Bertz CT molecular complexity index is 382. The molecule has 0 saturated heterocycles. The van der Waals surface area contributed by atoms with Crippen LogP contribution in [-0.4, -0.2) is 45.1 Å². The van der Waals surface area contributed by atoms with E-state index in [-0.39, 0.29) is 24.2 Å². The van der Waals surface area contributed by atoms with E-state index in [1.54, 1.807) is 12.0 Å². The van der Waals surface area contributed by atoms with Gasteiger partial charge in [-0.25, -0.2) is 0 Å². The average molecular weight is 287 g/mol. The lowest BCUT2D eigenvalue weighted by atomic mass is 10.00. The monoisotopic (exact) mass is 286 g/mol. The highest BCUT2D eigenvalue weighted by Gasteiger charge is 2.18. The van der Waals surface area contributed by atoms with Crippen LogP contribution in [0.3, 0.4) is 0 Å². The molecule has 0 aliphatic rings. The van der Waals surface area contributed by atoms with Gasteiger partial charge in [0.25, 0.3) is 0 Å². The first kappa shape index (κ1) is 17.7. The molecule has 0 aliphatic carbocycles. The maximum Gasteiger partial charge on any atom is 0.229 e. The van der Waals surface area contributed by atoms with E-state index in [9.17, 15) is 4.79 Å². The molecular weight excluding hydrogens is 264 g/mol. The molecule has 0 aliphatic heterocycles. The third-order valence-electron chi connectivity index (χ3n) is 3.06. The van der Waals surface area contributed by atoms with Gasteiger partial charge in [0.2, 0.25) is 5.91 Å². The zero-order valence-corrected chi connectivity index (χ0v) is 12.8. The predicted octanol–water partition coefficient (Wildman–Crippen LogP) is 1.90. The highest BCUT2D eigenvalue weighted by molar-refractivity contribution is 5.85. The largest absolute Gasteiger partial charge is 0.497 e. The predicted molar refractivity (Wildman–Crippen MR) is 80.2 cm³/mol. The fourth-order valence-electron chi connectivity index (χ4n) is 1.76. The van der Waals surface area contributed by atoms with Gasteiger partial charge in [-0.15, -0.1) is 12.4 Å². The summed E-state index contributed by atoms with van der Waals surface area (Å²) in [6.07, 6.45) is 0. The Morgan fingerprint density at radius 2 is 1.95 bits per heavy atom. The van der Waals surface area contributed by atoms with Crippen LogP contribution in [0.2, 0.25) is 0 Å². The molecule has 1 aromatic carbocycles. The molecule has 0 radical (unpaired) electrons. The summed E-state index contributed by atoms with van der Waals surface area (Å²) in [7, 11) is 5.35. The third kappa shape index (κ3) is 5.09. The summed E-state index contributed by atoms with van der Waals surface area (Å²) in [5.74, 6) is 0.815. The SMILES string of the molecule is CNCCN(C)C(=O)C(C)c1ccc(OC)cc1.Cl. The number of nitrogens with zero attached hydrogens (tertiary/aromatic N) is 1. The Hall–Kier alpha value is -1.26. The van der Waals surface area contributed by atoms with E-state index in [1.165, 1.54) is 0 Å². The second-order valence-corrected chi connectivity index (χ2v) is 4.36. The van der Waals surface area contributed by atoms with Crippen molar-refractivity contribution in [2.24, 2.45) is 0 Å². The molecule has 5 heteroatoms. The van der Waals surface area contributed by atoms with E-state index in [4.69, 9.17) is 4.74 Å². The molecule has 0 heterocycles. The number of halogens is 1. The van der Waals surface area contributed by atoms with Gasteiger partial charge in [-0.05, 0) is 31.7 Å². The van der Waals surface area contributed by atoms with Gasteiger partial charge in [0, 0.05) is 20.1 Å². The molecule has 1 atom stereocenters. The number of benzene rings is 1. The highest BCUT2D eigenvalue weighted by atomic mass is 35.5. The minimum atomic E-state index is -0.127. The number of likely N-dealkylation sites (N-methyl/N-ethyl adjacent to an activating group) is 2. The fourth-order valence-corrected chi connectivity index (χ4v) is 1.76. The van der Waals surface area contributed by atoms with E-state index in [0.29, 0.717) is 0 Å². The minimum absolute atomic E-state index is 0. The number of methoxy groups -OCH3 is 1. The maximum absolute atomic E-state index is 12.2. The third-order valence-corrected chi connectivity index (χ3v) is 3.06. The smallest absolute Gasteiger partial charge is 0.229 e. The van der Waals surface area contributed by atoms with E-state index >= 15 is 0 Å². The van der Waals surface area contributed by atoms with Crippen LogP contribution in [-0.2, 0) is 4.79 Å². The summed E-state index contributed by atoms with van der Waals surface area (Å²) in [5, 5.41) is 3.04. The standard InChI is InChI=1S/C14H22N2O2.ClH/c1-11(14(17)16(3)10-9-15-2)12-5-7-13(18-4)8-6-12;/h5-8,11,15H,9-10H2,1-4H3;1H. The summed E-state index contributed by atoms with van der Waals surface area (Å²) in [5.41, 5.74) is 1.01. The number of amides is 1. The van der Waals surface area contributed by atoms with E-state index in [1.807, 2.05) is 45.3 Å². The topological polar surface area (TPSA) is 41.6 Å². The van der Waals surface area contributed by atoms with Crippen LogP contribution in [0, 0.1) is 0 Å². The molecule has 108 valence electrons. The van der Waals surface area contributed by atoms with Gasteiger partial charge in [0.1, 0.15) is 5.75 Å². The van der Waals surface area contributed by atoms with E-state index in [0.717, 1.165) is 24.4 Å². The van der Waals surface area contributed by atoms with Crippen LogP contribution in [0.1, 0.15) is 18.4 Å². The number of carbonyl (C=O) groups excluding carboxylic acids is 1. The molecule has 1 N–H and O–H groups in total.